The molecule has 96 valence electrons. The van der Waals surface area contributed by atoms with Crippen molar-refractivity contribution in [2.45, 2.75) is 19.9 Å². The Balaban J connectivity index is 2.37. The van der Waals surface area contributed by atoms with Crippen molar-refractivity contribution in [1.29, 1.82) is 0 Å². The monoisotopic (exact) mass is 250 g/mol. The SMILES string of the molecule is CC1(C)COC(=O)N[C@H]1c1cccc([N+](=O)[O-])c1. The van der Waals surface area contributed by atoms with Gasteiger partial charge in [-0.2, -0.15) is 0 Å². The van der Waals surface area contributed by atoms with E-state index in [2.05, 4.69) is 5.32 Å². The van der Waals surface area contributed by atoms with Crippen LogP contribution in [0.1, 0.15) is 25.5 Å². The lowest BCUT2D eigenvalue weighted by Gasteiger charge is -2.38. The first kappa shape index (κ1) is 12.3. The summed E-state index contributed by atoms with van der Waals surface area (Å²) < 4.78 is 4.94. The maximum absolute atomic E-state index is 11.3. The summed E-state index contributed by atoms with van der Waals surface area (Å²) in [6.45, 7) is 4.16. The van der Waals surface area contributed by atoms with E-state index in [0.717, 1.165) is 0 Å². The van der Waals surface area contributed by atoms with Gasteiger partial charge in [-0.25, -0.2) is 4.79 Å². The molecule has 1 fully saturated rings. The van der Waals surface area contributed by atoms with Gasteiger partial charge in [-0.05, 0) is 5.56 Å². The van der Waals surface area contributed by atoms with Gasteiger partial charge in [0.05, 0.1) is 11.0 Å². The Morgan fingerprint density at radius 2 is 2.22 bits per heavy atom. The van der Waals surface area contributed by atoms with Crippen molar-refractivity contribution in [3.05, 3.63) is 39.9 Å². The van der Waals surface area contributed by atoms with Crippen molar-refractivity contribution in [3.8, 4) is 0 Å². The van der Waals surface area contributed by atoms with Crippen LogP contribution in [0.15, 0.2) is 24.3 Å². The molecular weight excluding hydrogens is 236 g/mol. The second-order valence-electron chi connectivity index (χ2n) is 4.99. The molecule has 0 saturated carbocycles. The van der Waals surface area contributed by atoms with Gasteiger partial charge in [0.2, 0.25) is 0 Å². The van der Waals surface area contributed by atoms with E-state index in [1.54, 1.807) is 12.1 Å². The summed E-state index contributed by atoms with van der Waals surface area (Å²) in [7, 11) is 0. The van der Waals surface area contributed by atoms with Crippen LogP contribution in [0.5, 0.6) is 0 Å². The zero-order valence-corrected chi connectivity index (χ0v) is 10.2. The van der Waals surface area contributed by atoms with Crippen molar-refractivity contribution >= 4 is 11.8 Å². The molecule has 1 atom stereocenters. The molecule has 0 aromatic heterocycles. The first-order valence-electron chi connectivity index (χ1n) is 5.58. The summed E-state index contributed by atoms with van der Waals surface area (Å²) >= 11 is 0. The first-order valence-corrected chi connectivity index (χ1v) is 5.58. The van der Waals surface area contributed by atoms with E-state index in [4.69, 9.17) is 4.74 Å². The van der Waals surface area contributed by atoms with Crippen molar-refractivity contribution in [2.24, 2.45) is 5.41 Å². The highest BCUT2D eigenvalue weighted by molar-refractivity contribution is 5.69. The number of nitro benzene ring substituents is 1. The Kier molecular flexibility index (Phi) is 2.94. The lowest BCUT2D eigenvalue weighted by Crippen LogP contribution is -2.46. The molecule has 0 unspecified atom stereocenters. The molecule has 0 aliphatic carbocycles. The number of cyclic esters (lactones) is 1. The van der Waals surface area contributed by atoms with Gasteiger partial charge in [-0.1, -0.05) is 26.0 Å². The molecule has 6 nitrogen and oxygen atoms in total. The number of carbonyl (C=O) groups excluding carboxylic acids is 1. The molecule has 2 rings (SSSR count). The highest BCUT2D eigenvalue weighted by Crippen LogP contribution is 2.37. The quantitative estimate of drug-likeness (QED) is 0.645. The number of benzene rings is 1. The topological polar surface area (TPSA) is 81.5 Å². The summed E-state index contributed by atoms with van der Waals surface area (Å²) in [6.07, 6.45) is -0.495. The molecule has 18 heavy (non-hydrogen) atoms. The van der Waals surface area contributed by atoms with E-state index in [0.29, 0.717) is 5.56 Å². The van der Waals surface area contributed by atoms with E-state index >= 15 is 0 Å². The number of nitro groups is 1. The maximum Gasteiger partial charge on any atom is 0.407 e. The number of alkyl carbamates (subject to hydrolysis) is 1. The average molecular weight is 250 g/mol. The fraction of sp³-hybridized carbons (Fsp3) is 0.417. The smallest absolute Gasteiger partial charge is 0.407 e. The van der Waals surface area contributed by atoms with E-state index in [1.165, 1.54) is 12.1 Å². The minimum absolute atomic E-state index is 0.0176. The molecule has 0 bridgehead atoms. The second kappa shape index (κ2) is 4.29. The Morgan fingerprint density at radius 3 is 2.89 bits per heavy atom. The van der Waals surface area contributed by atoms with Crippen LogP contribution < -0.4 is 5.32 Å². The number of nitrogens with one attached hydrogen (secondary N) is 1. The van der Waals surface area contributed by atoms with Crippen LogP contribution in [0.2, 0.25) is 0 Å². The molecule has 1 aromatic carbocycles. The van der Waals surface area contributed by atoms with Crippen LogP contribution in [0, 0.1) is 15.5 Å². The number of non-ortho nitro benzene ring substituents is 1. The van der Waals surface area contributed by atoms with E-state index < -0.39 is 11.0 Å². The number of hydrogen-bond donors (Lipinski definition) is 1. The van der Waals surface area contributed by atoms with Crippen molar-refractivity contribution < 1.29 is 14.5 Å². The highest BCUT2D eigenvalue weighted by atomic mass is 16.6. The molecule has 1 saturated heterocycles. The van der Waals surface area contributed by atoms with Crippen LogP contribution in [0.3, 0.4) is 0 Å². The minimum Gasteiger partial charge on any atom is -0.449 e. The summed E-state index contributed by atoms with van der Waals surface area (Å²) in [5.41, 5.74) is 0.415. The molecule has 0 radical (unpaired) electrons. The fourth-order valence-electron chi connectivity index (χ4n) is 2.04. The number of hydrogen-bond acceptors (Lipinski definition) is 4. The summed E-state index contributed by atoms with van der Waals surface area (Å²) in [4.78, 5) is 21.6. The number of nitrogens with zero attached hydrogens (tertiary/aromatic N) is 1. The Morgan fingerprint density at radius 1 is 1.50 bits per heavy atom. The molecule has 0 spiro atoms. The number of carbonyl (C=O) groups is 1. The van der Waals surface area contributed by atoms with Crippen LogP contribution in [-0.2, 0) is 4.74 Å². The third-order valence-electron chi connectivity index (χ3n) is 3.03. The van der Waals surface area contributed by atoms with Crippen molar-refractivity contribution in [3.63, 3.8) is 0 Å². The standard InChI is InChI=1S/C12H14N2O4/c1-12(2)7-18-11(15)13-10(12)8-4-3-5-9(6-8)14(16)17/h3-6,10H,7H2,1-2H3,(H,13,15)/t10-/m0/s1. The minimum atomic E-state index is -0.495. The van der Waals surface area contributed by atoms with Crippen LogP contribution in [0.25, 0.3) is 0 Å². The van der Waals surface area contributed by atoms with Crippen molar-refractivity contribution in [2.75, 3.05) is 6.61 Å². The van der Waals surface area contributed by atoms with Crippen LogP contribution >= 0.6 is 0 Å². The third kappa shape index (κ3) is 2.27. The van der Waals surface area contributed by atoms with E-state index in [1.807, 2.05) is 13.8 Å². The molecule has 1 amide bonds. The number of amides is 1. The molecule has 1 aromatic rings. The van der Waals surface area contributed by atoms with Gasteiger partial charge in [-0.3, -0.25) is 10.1 Å². The second-order valence-corrected chi connectivity index (χ2v) is 4.99. The highest BCUT2D eigenvalue weighted by Gasteiger charge is 2.38. The summed E-state index contributed by atoms with van der Waals surface area (Å²) in [5.74, 6) is 0. The molecule has 1 aliphatic heterocycles. The summed E-state index contributed by atoms with van der Waals surface area (Å²) in [6, 6.07) is 6.00. The zero-order chi connectivity index (χ0) is 13.3. The number of rotatable bonds is 2. The molecule has 1 heterocycles. The van der Waals surface area contributed by atoms with Crippen molar-refractivity contribution in [1.82, 2.24) is 5.32 Å². The maximum atomic E-state index is 11.3. The normalized spacial score (nSPS) is 21.9. The van der Waals surface area contributed by atoms with E-state index in [-0.39, 0.29) is 23.8 Å². The van der Waals surface area contributed by atoms with Gasteiger partial charge in [0.1, 0.15) is 6.61 Å². The Labute approximate surface area is 104 Å². The fourth-order valence-corrected chi connectivity index (χ4v) is 2.04. The van der Waals surface area contributed by atoms with Gasteiger partial charge < -0.3 is 10.1 Å². The third-order valence-corrected chi connectivity index (χ3v) is 3.03. The van der Waals surface area contributed by atoms with Gasteiger partial charge >= 0.3 is 6.09 Å². The average Bonchev–Trinajstić information content (AvgIpc) is 2.32. The van der Waals surface area contributed by atoms with Crippen LogP contribution in [-0.4, -0.2) is 17.6 Å². The Bertz CT molecular complexity index is 499. The van der Waals surface area contributed by atoms with Gasteiger partial charge in [-0.15, -0.1) is 0 Å². The van der Waals surface area contributed by atoms with Gasteiger partial charge in [0.25, 0.3) is 5.69 Å². The predicted octanol–water partition coefficient (Wildman–Crippen LogP) is 2.40. The largest absolute Gasteiger partial charge is 0.449 e. The van der Waals surface area contributed by atoms with E-state index in [9.17, 15) is 14.9 Å². The lowest BCUT2D eigenvalue weighted by molar-refractivity contribution is -0.385. The predicted molar refractivity (Wildman–Crippen MR) is 64.1 cm³/mol. The van der Waals surface area contributed by atoms with Gasteiger partial charge in [0.15, 0.2) is 0 Å². The van der Waals surface area contributed by atoms with Crippen LogP contribution in [0.4, 0.5) is 10.5 Å². The zero-order valence-electron chi connectivity index (χ0n) is 10.2. The first-order chi connectivity index (χ1) is 8.40. The molecule has 1 aliphatic rings. The number of ether oxygens (including phenoxy) is 1. The summed E-state index contributed by atoms with van der Waals surface area (Å²) in [5, 5.41) is 13.5. The van der Waals surface area contributed by atoms with Gasteiger partial charge in [0, 0.05) is 17.5 Å². The molecule has 1 N–H and O–H groups in total. The molecular formula is C12H14N2O4. The molecule has 6 heteroatoms. The Hall–Kier alpha value is -2.11. The lowest BCUT2D eigenvalue weighted by atomic mass is 9.80.